The zero-order valence-electron chi connectivity index (χ0n) is 13.5. The summed E-state index contributed by atoms with van der Waals surface area (Å²) < 4.78 is 5.82. The van der Waals surface area contributed by atoms with Gasteiger partial charge in [-0.25, -0.2) is 0 Å². The third-order valence-corrected chi connectivity index (χ3v) is 5.59. The van der Waals surface area contributed by atoms with E-state index in [0.29, 0.717) is 18.2 Å². The molecule has 0 aromatic heterocycles. The molecule has 0 aromatic carbocycles. The van der Waals surface area contributed by atoms with E-state index in [4.69, 9.17) is 4.74 Å². The van der Waals surface area contributed by atoms with E-state index in [1.807, 2.05) is 0 Å². The average molecular weight is 296 g/mol. The molecule has 0 aromatic rings. The number of ether oxygens (including phenoxy) is 1. The lowest BCUT2D eigenvalue weighted by atomic mass is 9.78. The first-order chi connectivity index (χ1) is 10.2. The molecule has 3 atom stereocenters. The lowest BCUT2D eigenvalue weighted by Gasteiger charge is -2.45. The first-order valence-electron chi connectivity index (χ1n) is 8.99. The van der Waals surface area contributed by atoms with Gasteiger partial charge < -0.3 is 15.2 Å². The van der Waals surface area contributed by atoms with Crippen LogP contribution < -0.4 is 5.32 Å². The summed E-state index contributed by atoms with van der Waals surface area (Å²) in [5.41, 5.74) is -0.0198. The highest BCUT2D eigenvalue weighted by atomic mass is 16.5. The van der Waals surface area contributed by atoms with Crippen LogP contribution in [0.1, 0.15) is 58.3 Å². The number of hydrogen-bond acceptors (Lipinski definition) is 4. The molecule has 2 N–H and O–H groups in total. The van der Waals surface area contributed by atoms with E-state index in [1.165, 1.54) is 38.5 Å². The first kappa shape index (κ1) is 15.7. The quantitative estimate of drug-likeness (QED) is 0.753. The molecular weight excluding hydrogens is 264 g/mol. The first-order valence-corrected chi connectivity index (χ1v) is 8.99. The number of hydrogen-bond donors (Lipinski definition) is 2. The van der Waals surface area contributed by atoms with E-state index in [2.05, 4.69) is 17.1 Å². The summed E-state index contributed by atoms with van der Waals surface area (Å²) in [4.78, 5) is 2.61. The maximum absolute atomic E-state index is 9.97. The third kappa shape index (κ3) is 3.98. The molecule has 3 rings (SSSR count). The van der Waals surface area contributed by atoms with E-state index in [1.54, 1.807) is 0 Å². The van der Waals surface area contributed by atoms with Crippen LogP contribution in [0.2, 0.25) is 0 Å². The van der Waals surface area contributed by atoms with Gasteiger partial charge in [-0.1, -0.05) is 6.92 Å². The van der Waals surface area contributed by atoms with Crippen molar-refractivity contribution in [3.63, 3.8) is 0 Å². The molecule has 3 fully saturated rings. The number of aliphatic hydroxyl groups excluding tert-OH is 1. The maximum atomic E-state index is 9.97. The summed E-state index contributed by atoms with van der Waals surface area (Å²) >= 11 is 0. The number of likely N-dealkylation sites (N-methyl/N-ethyl adjacent to an activating group) is 1. The Labute approximate surface area is 129 Å². The largest absolute Gasteiger partial charge is 0.394 e. The van der Waals surface area contributed by atoms with Gasteiger partial charge in [0, 0.05) is 30.8 Å². The fourth-order valence-electron chi connectivity index (χ4n) is 4.21. The van der Waals surface area contributed by atoms with Crippen LogP contribution in [0.5, 0.6) is 0 Å². The van der Waals surface area contributed by atoms with Gasteiger partial charge in [-0.15, -0.1) is 0 Å². The fraction of sp³-hybridized carbons (Fsp3) is 1.00. The van der Waals surface area contributed by atoms with Crippen molar-refractivity contribution in [2.24, 2.45) is 0 Å². The molecular formula is C17H32N2O2. The summed E-state index contributed by atoms with van der Waals surface area (Å²) in [6.07, 6.45) is 10.2. The van der Waals surface area contributed by atoms with E-state index in [0.717, 1.165) is 32.5 Å². The van der Waals surface area contributed by atoms with Crippen molar-refractivity contribution >= 4 is 0 Å². The summed E-state index contributed by atoms with van der Waals surface area (Å²) in [7, 11) is 0. The zero-order valence-corrected chi connectivity index (χ0v) is 13.5. The van der Waals surface area contributed by atoms with Crippen LogP contribution in [-0.4, -0.2) is 60.0 Å². The monoisotopic (exact) mass is 296 g/mol. The topological polar surface area (TPSA) is 44.7 Å². The molecule has 1 heterocycles. The maximum Gasteiger partial charge on any atom is 0.0702 e. The Hall–Kier alpha value is -0.160. The Kier molecular flexibility index (Phi) is 5.20. The van der Waals surface area contributed by atoms with Crippen molar-refractivity contribution in [1.29, 1.82) is 0 Å². The Bertz CT molecular complexity index is 329. The molecule has 4 heteroatoms. The van der Waals surface area contributed by atoms with Crippen LogP contribution >= 0.6 is 0 Å². The van der Waals surface area contributed by atoms with E-state index in [9.17, 15) is 5.11 Å². The van der Waals surface area contributed by atoms with Crippen molar-refractivity contribution in [3.05, 3.63) is 0 Å². The number of nitrogens with zero attached hydrogens (tertiary/aromatic N) is 1. The minimum atomic E-state index is -0.0198. The van der Waals surface area contributed by atoms with E-state index >= 15 is 0 Å². The Balaban J connectivity index is 1.59. The zero-order chi connectivity index (χ0) is 14.7. The molecule has 2 aliphatic carbocycles. The molecule has 4 nitrogen and oxygen atoms in total. The molecule has 3 unspecified atom stereocenters. The summed E-state index contributed by atoms with van der Waals surface area (Å²) in [6, 6.07) is 1.27. The second-order valence-electron chi connectivity index (χ2n) is 7.33. The molecule has 0 bridgehead atoms. The standard InChI is InChI=1S/C17H32N2O2/c1-2-19(12-16-6-4-10-21-16)15-5-3-9-17(11-15,13-20)18-14-7-8-14/h14-16,18,20H,2-13H2,1H3. The molecule has 3 aliphatic rings. The number of rotatable bonds is 7. The van der Waals surface area contributed by atoms with Gasteiger partial charge in [0.15, 0.2) is 0 Å². The molecule has 1 aliphatic heterocycles. The molecule has 2 saturated carbocycles. The number of nitrogens with one attached hydrogen (secondary N) is 1. The van der Waals surface area contributed by atoms with Gasteiger partial charge >= 0.3 is 0 Å². The Morgan fingerprint density at radius 2 is 2.10 bits per heavy atom. The van der Waals surface area contributed by atoms with Crippen LogP contribution in [0, 0.1) is 0 Å². The molecule has 21 heavy (non-hydrogen) atoms. The van der Waals surface area contributed by atoms with Crippen LogP contribution in [0.25, 0.3) is 0 Å². The summed E-state index contributed by atoms with van der Waals surface area (Å²) in [6.45, 7) is 5.66. The van der Waals surface area contributed by atoms with Crippen LogP contribution in [-0.2, 0) is 4.74 Å². The van der Waals surface area contributed by atoms with E-state index in [-0.39, 0.29) is 12.1 Å². The van der Waals surface area contributed by atoms with Crippen molar-refractivity contribution in [1.82, 2.24) is 10.2 Å². The van der Waals surface area contributed by atoms with Gasteiger partial charge in [0.25, 0.3) is 0 Å². The minimum Gasteiger partial charge on any atom is -0.394 e. The third-order valence-electron chi connectivity index (χ3n) is 5.59. The Morgan fingerprint density at radius 3 is 2.71 bits per heavy atom. The predicted molar refractivity (Wildman–Crippen MR) is 84.5 cm³/mol. The van der Waals surface area contributed by atoms with Gasteiger partial charge in [-0.05, 0) is 57.9 Å². The highest BCUT2D eigenvalue weighted by molar-refractivity contribution is 5.00. The van der Waals surface area contributed by atoms with Gasteiger partial charge in [0.1, 0.15) is 0 Å². The van der Waals surface area contributed by atoms with Crippen LogP contribution in [0.3, 0.4) is 0 Å². The predicted octanol–water partition coefficient (Wildman–Crippen LogP) is 1.91. The highest BCUT2D eigenvalue weighted by Gasteiger charge is 2.41. The van der Waals surface area contributed by atoms with Gasteiger partial charge in [0.05, 0.1) is 12.7 Å². The highest BCUT2D eigenvalue weighted by Crippen LogP contribution is 2.35. The van der Waals surface area contributed by atoms with Crippen LogP contribution in [0.4, 0.5) is 0 Å². The Morgan fingerprint density at radius 1 is 1.24 bits per heavy atom. The molecule has 122 valence electrons. The van der Waals surface area contributed by atoms with Crippen molar-refractivity contribution in [2.45, 2.75) is 82.0 Å². The normalized spacial score (nSPS) is 37.3. The summed E-state index contributed by atoms with van der Waals surface area (Å²) in [5.74, 6) is 0. The lowest BCUT2D eigenvalue weighted by molar-refractivity contribution is 0.0238. The van der Waals surface area contributed by atoms with Gasteiger partial charge in [0.2, 0.25) is 0 Å². The molecule has 1 saturated heterocycles. The number of aliphatic hydroxyl groups is 1. The molecule has 0 spiro atoms. The second-order valence-corrected chi connectivity index (χ2v) is 7.33. The lowest BCUT2D eigenvalue weighted by Crippen LogP contribution is -2.57. The van der Waals surface area contributed by atoms with Crippen molar-refractivity contribution in [3.8, 4) is 0 Å². The minimum absolute atomic E-state index is 0.0198. The molecule has 0 radical (unpaired) electrons. The van der Waals surface area contributed by atoms with E-state index < -0.39 is 0 Å². The van der Waals surface area contributed by atoms with Crippen molar-refractivity contribution < 1.29 is 9.84 Å². The van der Waals surface area contributed by atoms with Crippen molar-refractivity contribution in [2.75, 3.05) is 26.3 Å². The fourth-order valence-corrected chi connectivity index (χ4v) is 4.21. The summed E-state index contributed by atoms with van der Waals surface area (Å²) in [5, 5.41) is 13.7. The molecule has 0 amide bonds. The van der Waals surface area contributed by atoms with Crippen LogP contribution in [0.15, 0.2) is 0 Å². The average Bonchev–Trinajstić information content (AvgIpc) is 3.16. The van der Waals surface area contributed by atoms with Gasteiger partial charge in [-0.3, -0.25) is 4.90 Å². The second kappa shape index (κ2) is 6.95. The smallest absolute Gasteiger partial charge is 0.0702 e. The SMILES string of the molecule is CCN(CC1CCCO1)C1CCCC(CO)(NC2CC2)C1. The van der Waals surface area contributed by atoms with Gasteiger partial charge in [-0.2, -0.15) is 0 Å².